The zero-order valence-corrected chi connectivity index (χ0v) is 23.1. The van der Waals surface area contributed by atoms with Crippen LogP contribution in [0.3, 0.4) is 0 Å². The van der Waals surface area contributed by atoms with Gasteiger partial charge in [-0.05, 0) is 62.3 Å². The Morgan fingerprint density at radius 3 is 2.76 bits per heavy atom. The Labute approximate surface area is 243 Å². The first-order valence-electron chi connectivity index (χ1n) is 13.3. The summed E-state index contributed by atoms with van der Waals surface area (Å²) < 4.78 is 5.81. The molecule has 3 heterocycles. The number of carbonyl (C=O) groups excluding carboxylic acids is 1. The number of fused-ring (bicyclic) bond motifs is 1. The smallest absolute Gasteiger partial charge is 0.248 e. The molecule has 2 aromatic carbocycles. The van der Waals surface area contributed by atoms with Crippen molar-refractivity contribution in [1.29, 1.82) is 5.26 Å². The number of aromatic nitrogens is 2. The molecular formula is C31H29ClN6O3. The molecule has 0 atom stereocenters. The molecule has 0 unspecified atom stereocenters. The maximum Gasteiger partial charge on any atom is 0.248 e. The Kier molecular flexibility index (Phi) is 8.94. The number of rotatable bonds is 9. The van der Waals surface area contributed by atoms with Crippen LogP contribution in [0.1, 0.15) is 30.5 Å². The third-order valence-electron chi connectivity index (χ3n) is 6.75. The first-order chi connectivity index (χ1) is 20.0. The van der Waals surface area contributed by atoms with E-state index in [-0.39, 0.29) is 29.5 Å². The van der Waals surface area contributed by atoms with E-state index in [1.54, 1.807) is 30.5 Å². The molecule has 2 aromatic heterocycles. The molecule has 0 saturated carbocycles. The molecule has 1 amide bonds. The molecule has 4 aromatic rings. The molecule has 0 spiro atoms. The van der Waals surface area contributed by atoms with Gasteiger partial charge in [0.2, 0.25) is 5.91 Å². The van der Waals surface area contributed by atoms with E-state index in [9.17, 15) is 15.2 Å². The molecule has 5 rings (SSSR count). The van der Waals surface area contributed by atoms with Crippen molar-refractivity contribution in [3.8, 4) is 17.6 Å². The van der Waals surface area contributed by atoms with Crippen LogP contribution in [0.2, 0.25) is 5.02 Å². The number of piperidine rings is 1. The monoisotopic (exact) mass is 568 g/mol. The van der Waals surface area contributed by atoms with E-state index in [2.05, 4.69) is 31.6 Å². The Hall–Kier alpha value is -4.65. The summed E-state index contributed by atoms with van der Waals surface area (Å²) in [6.45, 7) is 3.05. The average molecular weight is 569 g/mol. The lowest BCUT2D eigenvalue weighted by molar-refractivity contribution is -0.111. The highest BCUT2D eigenvalue weighted by atomic mass is 35.5. The lowest BCUT2D eigenvalue weighted by Crippen LogP contribution is -2.29. The van der Waals surface area contributed by atoms with E-state index in [0.717, 1.165) is 18.8 Å². The van der Waals surface area contributed by atoms with Gasteiger partial charge in [-0.1, -0.05) is 30.2 Å². The molecule has 0 aliphatic carbocycles. The van der Waals surface area contributed by atoms with Crippen LogP contribution >= 0.6 is 11.6 Å². The summed E-state index contributed by atoms with van der Waals surface area (Å²) in [6, 6.07) is 16.0. The number of hydrogen-bond acceptors (Lipinski definition) is 8. The van der Waals surface area contributed by atoms with Crippen LogP contribution in [0.4, 0.5) is 17.1 Å². The summed E-state index contributed by atoms with van der Waals surface area (Å²) in [5.41, 5.74) is 2.80. The van der Waals surface area contributed by atoms with Crippen molar-refractivity contribution in [2.45, 2.75) is 25.9 Å². The number of nitriles is 1. The number of phenolic OH excluding ortho intramolecular Hbond substituents is 1. The lowest BCUT2D eigenvalue weighted by atomic mass is 10.1. The second kappa shape index (κ2) is 13.1. The fourth-order valence-corrected chi connectivity index (χ4v) is 4.88. The van der Waals surface area contributed by atoms with Gasteiger partial charge in [0.25, 0.3) is 0 Å². The molecule has 1 saturated heterocycles. The molecule has 1 aliphatic heterocycles. The molecule has 1 aliphatic rings. The van der Waals surface area contributed by atoms with Crippen LogP contribution in [-0.4, -0.2) is 45.5 Å². The van der Waals surface area contributed by atoms with Gasteiger partial charge in [-0.3, -0.25) is 19.7 Å². The van der Waals surface area contributed by atoms with Gasteiger partial charge in [-0.2, -0.15) is 5.26 Å². The molecule has 1 fully saturated rings. The van der Waals surface area contributed by atoms with Gasteiger partial charge in [-0.15, -0.1) is 0 Å². The number of likely N-dealkylation sites (tertiary alicyclic amines) is 1. The number of halogens is 1. The number of benzene rings is 2. The van der Waals surface area contributed by atoms with Gasteiger partial charge in [0.05, 0.1) is 33.2 Å². The Balaban J connectivity index is 1.34. The van der Waals surface area contributed by atoms with Crippen LogP contribution in [0.15, 0.2) is 73.1 Å². The number of carbonyl (C=O) groups is 1. The van der Waals surface area contributed by atoms with Crippen molar-refractivity contribution < 1.29 is 14.6 Å². The molecule has 0 radical (unpaired) electrons. The zero-order valence-electron chi connectivity index (χ0n) is 22.3. The number of nitrogens with one attached hydrogen (secondary N) is 2. The summed E-state index contributed by atoms with van der Waals surface area (Å²) in [7, 11) is 0. The summed E-state index contributed by atoms with van der Waals surface area (Å²) in [6.07, 6.45) is 10.0. The zero-order chi connectivity index (χ0) is 28.6. The number of ether oxygens (including phenoxy) is 1. The second-order valence-corrected chi connectivity index (χ2v) is 10.1. The average Bonchev–Trinajstić information content (AvgIpc) is 2.98. The summed E-state index contributed by atoms with van der Waals surface area (Å²) in [4.78, 5) is 23.5. The number of phenols is 1. The molecular weight excluding hydrogens is 540 g/mol. The first kappa shape index (κ1) is 27.9. The Bertz CT molecular complexity index is 1610. The van der Waals surface area contributed by atoms with E-state index < -0.39 is 0 Å². The fraction of sp³-hybridized carbons (Fsp3) is 0.226. The predicted octanol–water partition coefficient (Wildman–Crippen LogP) is 6.16. The van der Waals surface area contributed by atoms with Gasteiger partial charge in [-0.25, -0.2) is 0 Å². The minimum Gasteiger partial charge on any atom is -0.506 e. The minimum atomic E-state index is -0.358. The van der Waals surface area contributed by atoms with Gasteiger partial charge in [0, 0.05) is 42.2 Å². The van der Waals surface area contributed by atoms with Gasteiger partial charge >= 0.3 is 0 Å². The largest absolute Gasteiger partial charge is 0.506 e. The van der Waals surface area contributed by atoms with Crippen LogP contribution < -0.4 is 15.4 Å². The second-order valence-electron chi connectivity index (χ2n) is 9.68. The van der Waals surface area contributed by atoms with Gasteiger partial charge in [0.1, 0.15) is 24.2 Å². The molecule has 208 valence electrons. The first-order valence-corrected chi connectivity index (χ1v) is 13.7. The Morgan fingerprint density at radius 1 is 1.15 bits per heavy atom. The molecule has 10 heteroatoms. The van der Waals surface area contributed by atoms with Gasteiger partial charge in [0.15, 0.2) is 0 Å². The van der Waals surface area contributed by atoms with Crippen molar-refractivity contribution in [1.82, 2.24) is 14.9 Å². The number of pyridine rings is 2. The quantitative estimate of drug-likeness (QED) is 0.162. The topological polar surface area (TPSA) is 123 Å². The van der Waals surface area contributed by atoms with E-state index in [4.69, 9.17) is 16.3 Å². The number of nitrogens with zero attached hydrogens (tertiary/aromatic N) is 4. The van der Waals surface area contributed by atoms with Crippen molar-refractivity contribution in [2.24, 2.45) is 0 Å². The Morgan fingerprint density at radius 2 is 2.00 bits per heavy atom. The maximum absolute atomic E-state index is 12.6. The van der Waals surface area contributed by atoms with Crippen molar-refractivity contribution >= 4 is 45.5 Å². The highest BCUT2D eigenvalue weighted by Gasteiger charge is 2.15. The highest BCUT2D eigenvalue weighted by Crippen LogP contribution is 2.37. The minimum absolute atomic E-state index is 0.129. The number of anilines is 3. The van der Waals surface area contributed by atoms with Crippen molar-refractivity contribution in [3.05, 3.63) is 89.4 Å². The number of amides is 1. The molecule has 41 heavy (non-hydrogen) atoms. The van der Waals surface area contributed by atoms with E-state index in [0.29, 0.717) is 39.6 Å². The normalized spacial score (nSPS) is 13.7. The summed E-state index contributed by atoms with van der Waals surface area (Å²) >= 11 is 6.50. The molecule has 9 nitrogen and oxygen atoms in total. The van der Waals surface area contributed by atoms with Crippen LogP contribution in [-0.2, 0) is 11.4 Å². The van der Waals surface area contributed by atoms with Crippen LogP contribution in [0.5, 0.6) is 11.5 Å². The van der Waals surface area contributed by atoms with E-state index in [1.165, 1.54) is 37.6 Å². The highest BCUT2D eigenvalue weighted by molar-refractivity contribution is 6.32. The fourth-order valence-electron chi connectivity index (χ4n) is 4.65. The number of aromatic hydroxyl groups is 1. The molecule has 0 bridgehead atoms. The number of hydrogen-bond donors (Lipinski definition) is 3. The SMILES string of the molecule is N#Cc1cnc2cc(O)c(NC(=O)/C=C/CN3CCCCC3)cc2c1Nc1ccc(OCc2ccccn2)c(Cl)c1. The lowest BCUT2D eigenvalue weighted by Gasteiger charge is -2.24. The van der Waals surface area contributed by atoms with E-state index in [1.807, 2.05) is 24.3 Å². The third-order valence-corrected chi connectivity index (χ3v) is 7.04. The van der Waals surface area contributed by atoms with Gasteiger partial charge < -0.3 is 20.5 Å². The van der Waals surface area contributed by atoms with Crippen molar-refractivity contribution in [3.63, 3.8) is 0 Å². The van der Waals surface area contributed by atoms with Crippen molar-refractivity contribution in [2.75, 3.05) is 30.3 Å². The van der Waals surface area contributed by atoms with Crippen LogP contribution in [0.25, 0.3) is 10.9 Å². The summed E-state index contributed by atoms with van der Waals surface area (Å²) in [5.74, 6) is 0.00533. The van der Waals surface area contributed by atoms with E-state index >= 15 is 0 Å². The third kappa shape index (κ3) is 7.11. The van der Waals surface area contributed by atoms with Crippen LogP contribution in [0, 0.1) is 11.3 Å². The summed E-state index contributed by atoms with van der Waals surface area (Å²) in [5, 5.41) is 27.3. The maximum atomic E-state index is 12.6. The predicted molar refractivity (Wildman–Crippen MR) is 159 cm³/mol. The standard InChI is InChI=1S/C31H29ClN6O3/c32-25-15-22(9-10-29(25)41-20-23-7-2-3-11-34-23)36-31-21(18-33)19-35-26-17-28(39)27(16-24(26)31)37-30(40)8-6-14-38-12-4-1-5-13-38/h2-3,6-11,15-17,19,39H,1,4-5,12-14,20H2,(H,35,36)(H,37,40)/b8-6+. The molecule has 3 N–H and O–H groups in total.